The molecule has 25 heavy (non-hydrogen) atoms. The van der Waals surface area contributed by atoms with Crippen molar-refractivity contribution in [2.24, 2.45) is 0 Å². The highest BCUT2D eigenvalue weighted by molar-refractivity contribution is 7.89. The summed E-state index contributed by atoms with van der Waals surface area (Å²) in [6.07, 6.45) is 3.13. The molecule has 0 unspecified atom stereocenters. The van der Waals surface area contributed by atoms with Crippen LogP contribution in [0.15, 0.2) is 23.1 Å². The summed E-state index contributed by atoms with van der Waals surface area (Å²) in [7, 11) is -3.60. The number of hydrogen-bond donors (Lipinski definition) is 0. The number of piperidine rings is 1. The number of nitrogens with zero attached hydrogens (tertiary/aromatic N) is 2. The van der Waals surface area contributed by atoms with Crippen LogP contribution in [-0.4, -0.2) is 62.4 Å². The Hall–Kier alpha value is -1.44. The number of benzene rings is 1. The van der Waals surface area contributed by atoms with Gasteiger partial charge in [-0.1, -0.05) is 6.07 Å². The van der Waals surface area contributed by atoms with Crippen LogP contribution in [0.1, 0.15) is 42.1 Å². The van der Waals surface area contributed by atoms with Gasteiger partial charge in [-0.05, 0) is 50.8 Å². The Morgan fingerprint density at radius 1 is 1.16 bits per heavy atom. The van der Waals surface area contributed by atoms with Crippen molar-refractivity contribution in [2.45, 2.75) is 44.0 Å². The molecular formula is C18H26N2O4S. The van der Waals surface area contributed by atoms with Gasteiger partial charge in [0, 0.05) is 31.2 Å². The van der Waals surface area contributed by atoms with E-state index in [9.17, 15) is 13.2 Å². The number of ether oxygens (including phenoxy) is 1. The van der Waals surface area contributed by atoms with E-state index in [1.165, 1.54) is 4.31 Å². The molecule has 138 valence electrons. The van der Waals surface area contributed by atoms with E-state index in [1.54, 1.807) is 18.2 Å². The fourth-order valence-corrected chi connectivity index (χ4v) is 4.92. The average molecular weight is 366 g/mol. The van der Waals surface area contributed by atoms with Gasteiger partial charge in [0.25, 0.3) is 5.91 Å². The number of amides is 1. The number of likely N-dealkylation sites (tertiary alicyclic amines) is 1. The lowest BCUT2D eigenvalue weighted by Gasteiger charge is -2.34. The molecule has 1 amide bonds. The molecule has 2 aliphatic heterocycles. The Morgan fingerprint density at radius 2 is 1.88 bits per heavy atom. The number of rotatable bonds is 3. The summed E-state index contributed by atoms with van der Waals surface area (Å²) in [5.74, 6) is -0.0660. The third-order valence-electron chi connectivity index (χ3n) is 5.11. The molecule has 0 aliphatic carbocycles. The third kappa shape index (κ3) is 3.73. The van der Waals surface area contributed by atoms with E-state index in [-0.39, 0.29) is 16.8 Å². The van der Waals surface area contributed by atoms with Crippen LogP contribution in [0.25, 0.3) is 0 Å². The fraction of sp³-hybridized carbons (Fsp3) is 0.611. The monoisotopic (exact) mass is 366 g/mol. The smallest absolute Gasteiger partial charge is 0.254 e. The number of hydrogen-bond acceptors (Lipinski definition) is 4. The van der Waals surface area contributed by atoms with Gasteiger partial charge in [-0.2, -0.15) is 4.31 Å². The summed E-state index contributed by atoms with van der Waals surface area (Å²) >= 11 is 0. The maximum absolute atomic E-state index is 13.0. The first-order valence-corrected chi connectivity index (χ1v) is 10.3. The Balaban J connectivity index is 1.91. The van der Waals surface area contributed by atoms with Crippen LogP contribution in [0.4, 0.5) is 0 Å². The molecule has 6 nitrogen and oxygen atoms in total. The maximum atomic E-state index is 13.0. The van der Waals surface area contributed by atoms with Crippen molar-refractivity contribution >= 4 is 15.9 Å². The van der Waals surface area contributed by atoms with Gasteiger partial charge in [-0.3, -0.25) is 4.79 Å². The normalized spacial score (nSPS) is 22.8. The number of aryl methyl sites for hydroxylation is 1. The van der Waals surface area contributed by atoms with E-state index in [0.717, 1.165) is 31.4 Å². The van der Waals surface area contributed by atoms with Crippen molar-refractivity contribution in [3.05, 3.63) is 29.3 Å². The highest BCUT2D eigenvalue weighted by Crippen LogP contribution is 2.24. The van der Waals surface area contributed by atoms with E-state index >= 15 is 0 Å². The first-order chi connectivity index (χ1) is 11.9. The van der Waals surface area contributed by atoms with Gasteiger partial charge in [0.05, 0.1) is 18.1 Å². The molecule has 0 radical (unpaired) electrons. The fourth-order valence-electron chi connectivity index (χ4n) is 3.48. The second-order valence-corrected chi connectivity index (χ2v) is 8.77. The topological polar surface area (TPSA) is 66.9 Å². The molecule has 0 aromatic heterocycles. The van der Waals surface area contributed by atoms with Crippen LogP contribution in [-0.2, 0) is 14.8 Å². The summed E-state index contributed by atoms with van der Waals surface area (Å²) in [6.45, 7) is 6.16. The number of carbonyl (C=O) groups excluding carboxylic acids is 1. The third-order valence-corrected chi connectivity index (χ3v) is 7.01. The Kier molecular flexibility index (Phi) is 5.46. The molecule has 0 N–H and O–H groups in total. The number of carbonyl (C=O) groups is 1. The van der Waals surface area contributed by atoms with E-state index in [4.69, 9.17) is 4.74 Å². The summed E-state index contributed by atoms with van der Waals surface area (Å²) in [5, 5.41) is 0. The van der Waals surface area contributed by atoms with Gasteiger partial charge in [0.15, 0.2) is 0 Å². The quantitative estimate of drug-likeness (QED) is 0.821. The van der Waals surface area contributed by atoms with Gasteiger partial charge in [-0.25, -0.2) is 8.42 Å². The Bertz CT molecular complexity index is 741. The zero-order valence-corrected chi connectivity index (χ0v) is 15.7. The van der Waals surface area contributed by atoms with Gasteiger partial charge >= 0.3 is 0 Å². The standard InChI is InChI=1S/C18H26N2O4S/c1-14-6-7-16(25(22,23)19-9-11-24-12-10-19)13-17(14)18(21)20-8-4-3-5-15(20)2/h6-7,13,15H,3-5,8-12H2,1-2H3/t15-/m1/s1. The van der Waals surface area contributed by atoms with Crippen molar-refractivity contribution in [1.82, 2.24) is 9.21 Å². The minimum Gasteiger partial charge on any atom is -0.379 e. The Labute approximate surface area is 149 Å². The minimum atomic E-state index is -3.60. The molecule has 0 bridgehead atoms. The van der Waals surface area contributed by atoms with Crippen LogP contribution < -0.4 is 0 Å². The van der Waals surface area contributed by atoms with Crippen LogP contribution in [0.2, 0.25) is 0 Å². The van der Waals surface area contributed by atoms with Gasteiger partial charge in [0.2, 0.25) is 10.0 Å². The maximum Gasteiger partial charge on any atom is 0.254 e. The molecule has 1 aromatic rings. The SMILES string of the molecule is Cc1ccc(S(=O)(=O)N2CCOCC2)cc1C(=O)N1CCCC[C@H]1C. The zero-order valence-electron chi connectivity index (χ0n) is 14.9. The van der Waals surface area contributed by atoms with Crippen LogP contribution in [0.5, 0.6) is 0 Å². The van der Waals surface area contributed by atoms with Crippen LogP contribution in [0.3, 0.4) is 0 Å². The van der Waals surface area contributed by atoms with Crippen molar-refractivity contribution < 1.29 is 17.9 Å². The lowest BCUT2D eigenvalue weighted by atomic mass is 10.0. The summed E-state index contributed by atoms with van der Waals surface area (Å²) in [6, 6.07) is 5.07. The van der Waals surface area contributed by atoms with E-state index in [1.807, 2.05) is 11.8 Å². The van der Waals surface area contributed by atoms with Crippen molar-refractivity contribution in [2.75, 3.05) is 32.8 Å². The van der Waals surface area contributed by atoms with E-state index in [0.29, 0.717) is 31.9 Å². The van der Waals surface area contributed by atoms with Gasteiger partial charge in [0.1, 0.15) is 0 Å². The molecule has 2 fully saturated rings. The average Bonchev–Trinajstić information content (AvgIpc) is 2.62. The number of sulfonamides is 1. The van der Waals surface area contributed by atoms with Gasteiger partial charge < -0.3 is 9.64 Å². The lowest BCUT2D eigenvalue weighted by molar-refractivity contribution is 0.0634. The van der Waals surface area contributed by atoms with Gasteiger partial charge in [-0.15, -0.1) is 0 Å². The van der Waals surface area contributed by atoms with Crippen molar-refractivity contribution in [3.63, 3.8) is 0 Å². The van der Waals surface area contributed by atoms with E-state index in [2.05, 4.69) is 6.92 Å². The van der Waals surface area contributed by atoms with Crippen LogP contribution >= 0.6 is 0 Å². The second kappa shape index (κ2) is 7.43. The number of morpholine rings is 1. The molecule has 1 aromatic carbocycles. The molecule has 1 atom stereocenters. The predicted molar refractivity (Wildman–Crippen MR) is 95.1 cm³/mol. The molecule has 0 spiro atoms. The largest absolute Gasteiger partial charge is 0.379 e. The van der Waals surface area contributed by atoms with Crippen LogP contribution in [0, 0.1) is 6.92 Å². The molecule has 3 rings (SSSR count). The predicted octanol–water partition coefficient (Wildman–Crippen LogP) is 2.03. The minimum absolute atomic E-state index is 0.0660. The Morgan fingerprint density at radius 3 is 2.56 bits per heavy atom. The first kappa shape index (κ1) is 18.4. The van der Waals surface area contributed by atoms with Crippen molar-refractivity contribution in [3.8, 4) is 0 Å². The molecule has 2 heterocycles. The summed E-state index contributed by atoms with van der Waals surface area (Å²) in [4.78, 5) is 15.0. The molecule has 0 saturated carbocycles. The molecule has 7 heteroatoms. The highest BCUT2D eigenvalue weighted by Gasteiger charge is 2.29. The molecule has 2 aliphatic rings. The zero-order chi connectivity index (χ0) is 18.0. The summed E-state index contributed by atoms with van der Waals surface area (Å²) in [5.41, 5.74) is 1.30. The molecular weight excluding hydrogens is 340 g/mol. The summed E-state index contributed by atoms with van der Waals surface area (Å²) < 4.78 is 32.4. The molecule has 2 saturated heterocycles. The van der Waals surface area contributed by atoms with Crippen molar-refractivity contribution in [1.29, 1.82) is 0 Å². The van der Waals surface area contributed by atoms with E-state index < -0.39 is 10.0 Å². The first-order valence-electron chi connectivity index (χ1n) is 8.91. The second-order valence-electron chi connectivity index (χ2n) is 6.84. The lowest BCUT2D eigenvalue weighted by Crippen LogP contribution is -2.42. The highest BCUT2D eigenvalue weighted by atomic mass is 32.2.